The summed E-state index contributed by atoms with van der Waals surface area (Å²) in [5, 5.41) is 5.37. The molecule has 2 aromatic carbocycles. The second kappa shape index (κ2) is 6.02. The van der Waals surface area contributed by atoms with Crippen molar-refractivity contribution in [3.8, 4) is 33.9 Å². The third-order valence-electron chi connectivity index (χ3n) is 4.40. The molecule has 0 amide bonds. The number of rotatable bonds is 4. The highest BCUT2D eigenvalue weighted by molar-refractivity contribution is 5.98. The second-order valence-electron chi connectivity index (χ2n) is 5.84. The van der Waals surface area contributed by atoms with Crippen molar-refractivity contribution >= 4 is 10.9 Å². The second-order valence-corrected chi connectivity index (χ2v) is 5.84. The maximum atomic E-state index is 5.46. The summed E-state index contributed by atoms with van der Waals surface area (Å²) >= 11 is 0. The van der Waals surface area contributed by atoms with Crippen LogP contribution in [0, 0.1) is 0 Å². The van der Waals surface area contributed by atoms with E-state index in [4.69, 9.17) is 14.0 Å². The lowest BCUT2D eigenvalue weighted by Gasteiger charge is -2.09. The van der Waals surface area contributed by atoms with Crippen molar-refractivity contribution in [3.05, 3.63) is 54.9 Å². The van der Waals surface area contributed by atoms with Gasteiger partial charge >= 0.3 is 0 Å². The van der Waals surface area contributed by atoms with E-state index < -0.39 is 0 Å². The molecule has 0 spiro atoms. The van der Waals surface area contributed by atoms with Gasteiger partial charge in [-0.2, -0.15) is 0 Å². The van der Waals surface area contributed by atoms with Crippen LogP contribution in [0.2, 0.25) is 0 Å². The average Bonchev–Trinajstić information content (AvgIpc) is 3.28. The van der Waals surface area contributed by atoms with E-state index in [9.17, 15) is 0 Å². The van der Waals surface area contributed by atoms with Crippen LogP contribution in [0.1, 0.15) is 0 Å². The smallest absolute Gasteiger partial charge is 0.132 e. The zero-order valence-electron chi connectivity index (χ0n) is 14.3. The summed E-state index contributed by atoms with van der Waals surface area (Å²) in [4.78, 5) is 0. The first-order chi connectivity index (χ1) is 12.2. The van der Waals surface area contributed by atoms with E-state index >= 15 is 0 Å². The minimum Gasteiger partial charge on any atom is -0.497 e. The van der Waals surface area contributed by atoms with Crippen LogP contribution >= 0.6 is 0 Å². The molecule has 0 radical (unpaired) electrons. The number of ether oxygens (including phenoxy) is 2. The van der Waals surface area contributed by atoms with E-state index in [0.29, 0.717) is 0 Å². The highest BCUT2D eigenvalue weighted by Crippen LogP contribution is 2.38. The molecule has 0 saturated heterocycles. The standard InChI is InChI=1S/C20H18N2O3/c1-22-9-8-14-10-16(24-3)11-17(20(14)22)19-18(12-25-21-19)13-4-6-15(23-2)7-5-13/h4-12H,1-3H3. The summed E-state index contributed by atoms with van der Waals surface area (Å²) in [5.74, 6) is 1.60. The Kier molecular flexibility index (Phi) is 3.69. The van der Waals surface area contributed by atoms with E-state index in [1.165, 1.54) is 0 Å². The van der Waals surface area contributed by atoms with Crippen LogP contribution in [-0.4, -0.2) is 23.9 Å². The molecule has 0 bridgehead atoms. The predicted molar refractivity (Wildman–Crippen MR) is 97.0 cm³/mol. The van der Waals surface area contributed by atoms with Gasteiger partial charge in [-0.15, -0.1) is 0 Å². The van der Waals surface area contributed by atoms with Gasteiger partial charge in [0.25, 0.3) is 0 Å². The number of nitrogens with zero attached hydrogens (tertiary/aromatic N) is 2. The molecule has 2 aromatic heterocycles. The first-order valence-corrected chi connectivity index (χ1v) is 7.93. The van der Waals surface area contributed by atoms with Crippen molar-refractivity contribution in [2.45, 2.75) is 0 Å². The van der Waals surface area contributed by atoms with Gasteiger partial charge in [0.05, 0.1) is 19.7 Å². The van der Waals surface area contributed by atoms with Crippen LogP contribution in [0.5, 0.6) is 11.5 Å². The molecule has 5 nitrogen and oxygen atoms in total. The summed E-state index contributed by atoms with van der Waals surface area (Å²) < 4.78 is 18.1. The fourth-order valence-corrected chi connectivity index (χ4v) is 3.12. The Morgan fingerprint density at radius 3 is 2.40 bits per heavy atom. The predicted octanol–water partition coefficient (Wildman–Crippen LogP) is 4.52. The normalized spacial score (nSPS) is 11.0. The third kappa shape index (κ3) is 2.54. The Hall–Kier alpha value is -3.21. The summed E-state index contributed by atoms with van der Waals surface area (Å²) in [7, 11) is 5.34. The van der Waals surface area contributed by atoms with Crippen molar-refractivity contribution in [1.82, 2.24) is 9.72 Å². The number of aromatic nitrogens is 2. The molecule has 0 aliphatic rings. The number of hydrogen-bond donors (Lipinski definition) is 0. The van der Waals surface area contributed by atoms with E-state index in [1.807, 2.05) is 49.6 Å². The van der Waals surface area contributed by atoms with Gasteiger partial charge in [0.1, 0.15) is 23.5 Å². The lowest BCUT2D eigenvalue weighted by Crippen LogP contribution is -1.92. The van der Waals surface area contributed by atoms with Gasteiger partial charge < -0.3 is 18.6 Å². The fraction of sp³-hybridized carbons (Fsp3) is 0.150. The van der Waals surface area contributed by atoms with Gasteiger partial charge in [-0.3, -0.25) is 0 Å². The van der Waals surface area contributed by atoms with Crippen molar-refractivity contribution in [2.75, 3.05) is 14.2 Å². The zero-order valence-corrected chi connectivity index (χ0v) is 14.3. The number of benzene rings is 2. The Labute approximate surface area is 145 Å². The van der Waals surface area contributed by atoms with Crippen LogP contribution in [-0.2, 0) is 7.05 Å². The molecule has 0 aliphatic carbocycles. The number of hydrogen-bond acceptors (Lipinski definition) is 4. The van der Waals surface area contributed by atoms with E-state index in [-0.39, 0.29) is 0 Å². The molecule has 4 rings (SSSR count). The molecule has 0 saturated carbocycles. The van der Waals surface area contributed by atoms with Gasteiger partial charge in [0.15, 0.2) is 0 Å². The fourth-order valence-electron chi connectivity index (χ4n) is 3.12. The highest BCUT2D eigenvalue weighted by atomic mass is 16.5. The largest absolute Gasteiger partial charge is 0.497 e. The minimum atomic E-state index is 0.788. The van der Waals surface area contributed by atoms with Gasteiger partial charge in [-0.05, 0) is 35.9 Å². The zero-order chi connectivity index (χ0) is 17.4. The third-order valence-corrected chi connectivity index (χ3v) is 4.40. The van der Waals surface area contributed by atoms with Gasteiger partial charge in [-0.25, -0.2) is 0 Å². The molecule has 0 atom stereocenters. The Bertz CT molecular complexity index is 1030. The number of fused-ring (bicyclic) bond motifs is 1. The summed E-state index contributed by atoms with van der Waals surface area (Å²) in [6, 6.07) is 13.9. The maximum absolute atomic E-state index is 5.46. The first kappa shape index (κ1) is 15.3. The molecule has 0 aliphatic heterocycles. The Morgan fingerprint density at radius 2 is 1.68 bits per heavy atom. The molecule has 2 heterocycles. The molecular formula is C20H18N2O3. The van der Waals surface area contributed by atoms with Crippen molar-refractivity contribution < 1.29 is 14.0 Å². The Morgan fingerprint density at radius 1 is 0.920 bits per heavy atom. The molecule has 5 heteroatoms. The number of aryl methyl sites for hydroxylation is 1. The molecular weight excluding hydrogens is 316 g/mol. The monoisotopic (exact) mass is 334 g/mol. The van der Waals surface area contributed by atoms with Crippen LogP contribution in [0.3, 0.4) is 0 Å². The quantitative estimate of drug-likeness (QED) is 0.551. The lowest BCUT2D eigenvalue weighted by molar-refractivity contribution is 0.414. The van der Waals surface area contributed by atoms with Gasteiger partial charge in [-0.1, -0.05) is 17.3 Å². The summed E-state index contributed by atoms with van der Waals surface area (Å²) in [5.41, 5.74) is 4.79. The first-order valence-electron chi connectivity index (χ1n) is 7.93. The topological polar surface area (TPSA) is 49.4 Å². The summed E-state index contributed by atoms with van der Waals surface area (Å²) in [6.07, 6.45) is 3.70. The van der Waals surface area contributed by atoms with Gasteiger partial charge in [0, 0.05) is 29.8 Å². The summed E-state index contributed by atoms with van der Waals surface area (Å²) in [6.45, 7) is 0. The molecule has 0 unspecified atom stereocenters. The molecule has 126 valence electrons. The SMILES string of the molecule is COc1ccc(-c2conc2-c2cc(OC)cc3ccn(C)c23)cc1. The number of methoxy groups -OCH3 is 2. The van der Waals surface area contributed by atoms with Crippen molar-refractivity contribution in [1.29, 1.82) is 0 Å². The molecule has 4 aromatic rings. The molecule has 0 N–H and O–H groups in total. The lowest BCUT2D eigenvalue weighted by atomic mass is 10.00. The minimum absolute atomic E-state index is 0.788. The Balaban J connectivity index is 1.93. The van der Waals surface area contributed by atoms with Crippen molar-refractivity contribution in [3.63, 3.8) is 0 Å². The van der Waals surface area contributed by atoms with Crippen LogP contribution < -0.4 is 9.47 Å². The van der Waals surface area contributed by atoms with Crippen LogP contribution in [0.25, 0.3) is 33.3 Å². The van der Waals surface area contributed by atoms with Crippen LogP contribution in [0.4, 0.5) is 0 Å². The highest BCUT2D eigenvalue weighted by Gasteiger charge is 2.18. The maximum Gasteiger partial charge on any atom is 0.132 e. The van der Waals surface area contributed by atoms with E-state index in [0.717, 1.165) is 44.8 Å². The van der Waals surface area contributed by atoms with Crippen molar-refractivity contribution in [2.24, 2.45) is 7.05 Å². The molecule has 25 heavy (non-hydrogen) atoms. The van der Waals surface area contributed by atoms with Crippen LogP contribution in [0.15, 0.2) is 59.4 Å². The molecule has 0 fully saturated rings. The van der Waals surface area contributed by atoms with E-state index in [2.05, 4.69) is 15.8 Å². The van der Waals surface area contributed by atoms with E-state index in [1.54, 1.807) is 20.5 Å². The average molecular weight is 334 g/mol. The van der Waals surface area contributed by atoms with Gasteiger partial charge in [0.2, 0.25) is 0 Å².